The van der Waals surface area contributed by atoms with E-state index in [1.807, 2.05) is 26.0 Å². The van der Waals surface area contributed by atoms with E-state index >= 15 is 0 Å². The number of fused-ring (bicyclic) bond motifs is 4. The van der Waals surface area contributed by atoms with Gasteiger partial charge >= 0.3 is 0 Å². The quantitative estimate of drug-likeness (QED) is 0.589. The highest BCUT2D eigenvalue weighted by molar-refractivity contribution is 5.54. The van der Waals surface area contributed by atoms with Gasteiger partial charge in [0.25, 0.3) is 0 Å². The van der Waals surface area contributed by atoms with Crippen molar-refractivity contribution in [3.8, 4) is 5.75 Å². The number of aromatic nitrogens is 1. The molecule has 5 heteroatoms. The summed E-state index contributed by atoms with van der Waals surface area (Å²) < 4.78 is 18.7. The van der Waals surface area contributed by atoms with Crippen molar-refractivity contribution in [2.24, 2.45) is 5.41 Å². The number of pyridine rings is 1. The van der Waals surface area contributed by atoms with E-state index in [4.69, 9.17) is 19.2 Å². The van der Waals surface area contributed by atoms with Crippen LogP contribution in [-0.2, 0) is 21.5 Å². The number of nitrogens with zero attached hydrogens (tertiary/aromatic N) is 1. The third-order valence-electron chi connectivity index (χ3n) is 7.57. The van der Waals surface area contributed by atoms with E-state index < -0.39 is 11.7 Å². The fraction of sp³-hybridized carbons (Fsp3) is 0.621. The van der Waals surface area contributed by atoms with Crippen LogP contribution in [0.3, 0.4) is 0 Å². The van der Waals surface area contributed by atoms with Crippen LogP contribution >= 0.6 is 0 Å². The van der Waals surface area contributed by atoms with E-state index in [1.165, 1.54) is 11.1 Å². The van der Waals surface area contributed by atoms with Crippen LogP contribution in [0.2, 0.25) is 0 Å². The Kier molecular flexibility index (Phi) is 6.02. The molecule has 184 valence electrons. The van der Waals surface area contributed by atoms with Crippen molar-refractivity contribution in [1.82, 2.24) is 4.98 Å². The van der Waals surface area contributed by atoms with Crippen LogP contribution < -0.4 is 4.74 Å². The highest BCUT2D eigenvalue weighted by Gasteiger charge is 2.52. The second-order valence-electron chi connectivity index (χ2n) is 11.7. The summed E-state index contributed by atoms with van der Waals surface area (Å²) in [5.74, 6) is 1.12. The first-order valence-electron chi connectivity index (χ1n) is 12.9. The van der Waals surface area contributed by atoms with Gasteiger partial charge in [0.1, 0.15) is 11.9 Å². The molecule has 1 aromatic carbocycles. The summed E-state index contributed by atoms with van der Waals surface area (Å²) >= 11 is 0. The molecule has 0 radical (unpaired) electrons. The lowest BCUT2D eigenvalue weighted by Gasteiger charge is -2.40. The van der Waals surface area contributed by atoms with E-state index in [2.05, 4.69) is 39.8 Å². The zero-order chi connectivity index (χ0) is 24.3. The number of aliphatic hydroxyl groups excluding tert-OH is 1. The minimum atomic E-state index is -0.523. The zero-order valence-corrected chi connectivity index (χ0v) is 21.5. The first-order chi connectivity index (χ1) is 16.1. The molecule has 0 bridgehead atoms. The van der Waals surface area contributed by atoms with Gasteiger partial charge in [-0.15, -0.1) is 0 Å². The Morgan fingerprint density at radius 3 is 2.32 bits per heavy atom. The summed E-state index contributed by atoms with van der Waals surface area (Å²) in [6.07, 6.45) is 2.63. The monoisotopic (exact) mass is 465 g/mol. The minimum absolute atomic E-state index is 0.0237. The molecule has 1 unspecified atom stereocenters. The van der Waals surface area contributed by atoms with Crippen LogP contribution in [0.25, 0.3) is 0 Å². The van der Waals surface area contributed by atoms with Crippen molar-refractivity contribution in [1.29, 1.82) is 0 Å². The topological polar surface area (TPSA) is 60.8 Å². The first kappa shape index (κ1) is 23.8. The maximum atomic E-state index is 11.4. The molecule has 1 fully saturated rings. The molecule has 5 rings (SSSR count). The smallest absolute Gasteiger partial charge is 0.119 e. The molecule has 0 saturated carbocycles. The van der Waals surface area contributed by atoms with Gasteiger partial charge in [-0.25, -0.2) is 0 Å². The molecule has 0 amide bonds. The number of benzene rings is 1. The minimum Gasteiger partial charge on any atom is -0.491 e. The van der Waals surface area contributed by atoms with Gasteiger partial charge in [-0.05, 0) is 61.3 Å². The van der Waals surface area contributed by atoms with Crippen LogP contribution in [-0.4, -0.2) is 29.4 Å². The van der Waals surface area contributed by atoms with Crippen molar-refractivity contribution < 1.29 is 19.3 Å². The van der Waals surface area contributed by atoms with Crippen LogP contribution in [0, 0.1) is 5.41 Å². The summed E-state index contributed by atoms with van der Waals surface area (Å²) in [6.45, 7) is 14.3. The summed E-state index contributed by atoms with van der Waals surface area (Å²) in [6, 6.07) is 8.30. The Hall–Kier alpha value is -1.95. The number of hydrogen-bond acceptors (Lipinski definition) is 5. The average molecular weight is 466 g/mol. The maximum Gasteiger partial charge on any atom is 0.119 e. The molecule has 3 heterocycles. The molecule has 1 spiro atoms. The molecule has 2 atom stereocenters. The lowest BCUT2D eigenvalue weighted by molar-refractivity contribution is -0.122. The molecule has 1 N–H and O–H groups in total. The third-order valence-corrected chi connectivity index (χ3v) is 7.57. The van der Waals surface area contributed by atoms with Crippen LogP contribution in [0.1, 0.15) is 113 Å². The van der Waals surface area contributed by atoms with E-state index in [-0.39, 0.29) is 23.5 Å². The summed E-state index contributed by atoms with van der Waals surface area (Å²) in [5.41, 5.74) is 6.27. The van der Waals surface area contributed by atoms with Crippen molar-refractivity contribution >= 4 is 0 Å². The van der Waals surface area contributed by atoms with Crippen LogP contribution in [0.15, 0.2) is 24.3 Å². The second kappa shape index (κ2) is 8.61. The van der Waals surface area contributed by atoms with Gasteiger partial charge < -0.3 is 19.3 Å². The predicted octanol–water partition coefficient (Wildman–Crippen LogP) is 6.12. The molecular formula is C29H39NO4. The fourth-order valence-corrected chi connectivity index (χ4v) is 6.16. The Morgan fingerprint density at radius 1 is 1.03 bits per heavy atom. The Labute approximate surface area is 203 Å². The molecule has 1 aromatic heterocycles. The maximum absolute atomic E-state index is 11.4. The lowest BCUT2D eigenvalue weighted by Crippen LogP contribution is -2.37. The summed E-state index contributed by atoms with van der Waals surface area (Å²) in [7, 11) is 0. The standard InChI is InChI=1S/C29H39NO4/c1-17(2)26-24-25(23-21(30-26)15-28(5,6)16-22(23)31)29(11-13-32-14-12-29)34-27(24)19-7-9-20(10-8-19)33-18(3)4/h7-10,17-18,22,27,31H,11-16H2,1-6H3/t22?,27-/m1/s1. The van der Waals surface area contributed by atoms with Gasteiger partial charge in [0, 0.05) is 48.6 Å². The third kappa shape index (κ3) is 4.06. The van der Waals surface area contributed by atoms with Crippen molar-refractivity contribution in [3.63, 3.8) is 0 Å². The Morgan fingerprint density at radius 2 is 1.71 bits per heavy atom. The Balaban J connectivity index is 1.70. The first-order valence-corrected chi connectivity index (χ1v) is 12.9. The molecule has 34 heavy (non-hydrogen) atoms. The van der Waals surface area contributed by atoms with Gasteiger partial charge in [-0.3, -0.25) is 4.98 Å². The number of hydrogen-bond donors (Lipinski definition) is 1. The van der Waals surface area contributed by atoms with E-state index in [0.717, 1.165) is 53.9 Å². The summed E-state index contributed by atoms with van der Waals surface area (Å²) in [4.78, 5) is 5.25. The molecule has 3 aliphatic rings. The Bertz CT molecular complexity index is 1050. The lowest BCUT2D eigenvalue weighted by atomic mass is 9.70. The molecule has 2 aliphatic heterocycles. The van der Waals surface area contributed by atoms with Crippen molar-refractivity contribution in [3.05, 3.63) is 57.9 Å². The summed E-state index contributed by atoms with van der Waals surface area (Å²) in [5, 5.41) is 11.4. The van der Waals surface area contributed by atoms with Gasteiger partial charge in [0.2, 0.25) is 0 Å². The highest BCUT2D eigenvalue weighted by atomic mass is 16.5. The van der Waals surface area contributed by atoms with E-state index in [9.17, 15) is 5.11 Å². The second-order valence-corrected chi connectivity index (χ2v) is 11.7. The zero-order valence-electron chi connectivity index (χ0n) is 21.5. The van der Waals surface area contributed by atoms with Crippen LogP contribution in [0.4, 0.5) is 0 Å². The van der Waals surface area contributed by atoms with Gasteiger partial charge in [-0.2, -0.15) is 0 Å². The predicted molar refractivity (Wildman–Crippen MR) is 132 cm³/mol. The number of aliphatic hydroxyl groups is 1. The van der Waals surface area contributed by atoms with E-state index in [1.54, 1.807) is 0 Å². The van der Waals surface area contributed by atoms with Gasteiger partial charge in [0.05, 0.1) is 17.8 Å². The SMILES string of the molecule is CC(C)Oc1ccc([C@H]2OC3(CCOCC3)c3c4c(nc(C(C)C)c32)CC(C)(C)CC4O)cc1. The molecule has 5 nitrogen and oxygen atoms in total. The largest absolute Gasteiger partial charge is 0.491 e. The van der Waals surface area contributed by atoms with Crippen molar-refractivity contribution in [2.75, 3.05) is 13.2 Å². The number of ether oxygens (including phenoxy) is 3. The highest BCUT2D eigenvalue weighted by Crippen LogP contribution is 2.57. The fourth-order valence-electron chi connectivity index (χ4n) is 6.16. The van der Waals surface area contributed by atoms with Crippen molar-refractivity contribution in [2.45, 2.75) is 97.1 Å². The molecule has 2 aromatic rings. The number of rotatable bonds is 4. The molecule has 1 saturated heterocycles. The normalized spacial score (nSPS) is 25.0. The molecule has 1 aliphatic carbocycles. The average Bonchev–Trinajstić information content (AvgIpc) is 3.07. The van der Waals surface area contributed by atoms with Gasteiger partial charge in [0.15, 0.2) is 0 Å². The van der Waals surface area contributed by atoms with Gasteiger partial charge in [-0.1, -0.05) is 39.8 Å². The molecular weight excluding hydrogens is 426 g/mol. The van der Waals surface area contributed by atoms with Crippen LogP contribution in [0.5, 0.6) is 5.75 Å². The van der Waals surface area contributed by atoms with E-state index in [0.29, 0.717) is 13.2 Å².